The Kier molecular flexibility index (Phi) is 7.13. The van der Waals surface area contributed by atoms with Crippen LogP contribution in [0.3, 0.4) is 0 Å². The van der Waals surface area contributed by atoms with Gasteiger partial charge < -0.3 is 10.1 Å². The fourth-order valence-corrected chi connectivity index (χ4v) is 4.41. The molecule has 0 aliphatic heterocycles. The number of aromatic nitrogens is 2. The van der Waals surface area contributed by atoms with Crippen LogP contribution in [0.15, 0.2) is 53.4 Å². The molecule has 31 heavy (non-hydrogen) atoms. The highest BCUT2D eigenvalue weighted by atomic mass is 32.2. The van der Waals surface area contributed by atoms with E-state index in [0.717, 1.165) is 23.3 Å². The molecule has 1 aromatic heterocycles. The van der Waals surface area contributed by atoms with Gasteiger partial charge in [-0.2, -0.15) is 0 Å². The number of ether oxygens (including phenoxy) is 1. The zero-order chi connectivity index (χ0) is 22.4. The molecule has 162 valence electrons. The number of rotatable bonds is 8. The molecular formula is C21H21N3O5S2. The second-order valence-corrected chi connectivity index (χ2v) is 9.79. The van der Waals surface area contributed by atoms with Gasteiger partial charge in [0.25, 0.3) is 5.91 Å². The van der Waals surface area contributed by atoms with Crippen LogP contribution in [-0.4, -0.2) is 36.2 Å². The summed E-state index contributed by atoms with van der Waals surface area (Å²) in [6, 6.07) is 13.3. The first-order valence-electron chi connectivity index (χ1n) is 9.55. The maximum Gasteiger partial charge on any atom is 0.339 e. The van der Waals surface area contributed by atoms with Crippen LogP contribution < -0.4 is 5.32 Å². The third kappa shape index (κ3) is 5.53. The summed E-state index contributed by atoms with van der Waals surface area (Å²) in [4.78, 5) is 24.7. The van der Waals surface area contributed by atoms with Gasteiger partial charge in [-0.3, -0.25) is 4.79 Å². The number of carbonyl (C=O) groups is 2. The zero-order valence-corrected chi connectivity index (χ0v) is 18.6. The van der Waals surface area contributed by atoms with E-state index >= 15 is 0 Å². The lowest BCUT2D eigenvalue weighted by Crippen LogP contribution is -2.13. The quantitative estimate of drug-likeness (QED) is 0.513. The van der Waals surface area contributed by atoms with Crippen LogP contribution in [0.2, 0.25) is 0 Å². The Bertz CT molecular complexity index is 1190. The molecule has 0 atom stereocenters. The van der Waals surface area contributed by atoms with Gasteiger partial charge in [-0.05, 0) is 36.2 Å². The summed E-state index contributed by atoms with van der Waals surface area (Å²) in [5.74, 6) is -1.34. The Labute approximate surface area is 184 Å². The van der Waals surface area contributed by atoms with Gasteiger partial charge in [0.15, 0.2) is 14.8 Å². The lowest BCUT2D eigenvalue weighted by molar-refractivity contribution is 0.0467. The van der Waals surface area contributed by atoms with Crippen molar-refractivity contribution in [1.29, 1.82) is 0 Å². The lowest BCUT2D eigenvalue weighted by Gasteiger charge is -2.08. The summed E-state index contributed by atoms with van der Waals surface area (Å²) in [6.07, 6.45) is 0.904. The molecule has 3 aromatic rings. The SMILES string of the molecule is CCc1ccc(NC(=O)c2nnc(COC(=O)c3ccccc3S(=O)(=O)CC)s2)cc1. The van der Waals surface area contributed by atoms with Crippen LogP contribution in [0.5, 0.6) is 0 Å². The van der Waals surface area contributed by atoms with E-state index in [4.69, 9.17) is 4.74 Å². The molecule has 2 aromatic carbocycles. The number of carbonyl (C=O) groups excluding carboxylic acids is 2. The zero-order valence-electron chi connectivity index (χ0n) is 17.0. The van der Waals surface area contributed by atoms with Crippen molar-refractivity contribution in [2.45, 2.75) is 31.8 Å². The molecule has 1 N–H and O–H groups in total. The first kappa shape index (κ1) is 22.6. The van der Waals surface area contributed by atoms with Crippen LogP contribution in [0.25, 0.3) is 0 Å². The summed E-state index contributed by atoms with van der Waals surface area (Å²) in [7, 11) is -3.58. The molecule has 0 unspecified atom stereocenters. The number of anilines is 1. The average molecular weight is 460 g/mol. The molecular weight excluding hydrogens is 438 g/mol. The summed E-state index contributed by atoms with van der Waals surface area (Å²) in [5, 5.41) is 10.9. The Morgan fingerprint density at radius 3 is 2.42 bits per heavy atom. The van der Waals surface area contributed by atoms with Crippen molar-refractivity contribution < 1.29 is 22.7 Å². The van der Waals surface area contributed by atoms with Crippen molar-refractivity contribution in [2.75, 3.05) is 11.1 Å². The molecule has 10 heteroatoms. The van der Waals surface area contributed by atoms with Gasteiger partial charge in [0.1, 0.15) is 6.61 Å². The van der Waals surface area contributed by atoms with Gasteiger partial charge in [0.2, 0.25) is 5.01 Å². The second-order valence-electron chi connectivity index (χ2n) is 6.48. The number of amides is 1. The highest BCUT2D eigenvalue weighted by Gasteiger charge is 2.22. The minimum Gasteiger partial charge on any atom is -0.455 e. The normalized spacial score (nSPS) is 11.2. The van der Waals surface area contributed by atoms with Crippen LogP contribution in [0.4, 0.5) is 5.69 Å². The molecule has 0 saturated carbocycles. The molecule has 0 saturated heterocycles. The van der Waals surface area contributed by atoms with Gasteiger partial charge in [0, 0.05) is 5.69 Å². The number of hydrogen-bond acceptors (Lipinski definition) is 8. The summed E-state index contributed by atoms with van der Waals surface area (Å²) in [6.45, 7) is 3.32. The van der Waals surface area contributed by atoms with E-state index in [0.29, 0.717) is 10.7 Å². The standard InChI is InChI=1S/C21H21N3O5S2/c1-3-14-9-11-15(12-10-14)22-19(25)20-24-23-18(30-20)13-29-21(26)16-7-5-6-8-17(16)31(27,28)4-2/h5-12H,3-4,13H2,1-2H3,(H,22,25). The highest BCUT2D eigenvalue weighted by molar-refractivity contribution is 7.91. The van der Waals surface area contributed by atoms with E-state index in [1.165, 1.54) is 19.1 Å². The van der Waals surface area contributed by atoms with E-state index < -0.39 is 21.7 Å². The Hall–Kier alpha value is -3.11. The van der Waals surface area contributed by atoms with Crippen molar-refractivity contribution in [3.8, 4) is 0 Å². The number of sulfone groups is 1. The molecule has 0 aliphatic rings. The minimum absolute atomic E-state index is 0.0395. The number of aryl methyl sites for hydroxylation is 1. The Morgan fingerprint density at radius 1 is 1.03 bits per heavy atom. The highest BCUT2D eigenvalue weighted by Crippen LogP contribution is 2.20. The van der Waals surface area contributed by atoms with E-state index in [1.807, 2.05) is 31.2 Å². The number of esters is 1. The molecule has 3 rings (SSSR count). The average Bonchev–Trinajstić information content (AvgIpc) is 3.27. The molecule has 1 amide bonds. The monoisotopic (exact) mass is 459 g/mol. The van der Waals surface area contributed by atoms with E-state index in [-0.39, 0.29) is 27.8 Å². The topological polar surface area (TPSA) is 115 Å². The van der Waals surface area contributed by atoms with E-state index in [9.17, 15) is 18.0 Å². The van der Waals surface area contributed by atoms with Crippen LogP contribution in [0, 0.1) is 0 Å². The first-order chi connectivity index (χ1) is 14.8. The molecule has 8 nitrogen and oxygen atoms in total. The van der Waals surface area contributed by atoms with Gasteiger partial charge >= 0.3 is 5.97 Å². The Morgan fingerprint density at radius 2 is 1.74 bits per heavy atom. The summed E-state index contributed by atoms with van der Waals surface area (Å²) >= 11 is 0.990. The van der Waals surface area contributed by atoms with Crippen LogP contribution in [0.1, 0.15) is 44.6 Å². The number of nitrogens with one attached hydrogen (secondary N) is 1. The molecule has 1 heterocycles. The molecule has 0 radical (unpaired) electrons. The van der Waals surface area contributed by atoms with Gasteiger partial charge in [-0.1, -0.05) is 49.4 Å². The summed E-state index contributed by atoms with van der Waals surface area (Å²) < 4.78 is 29.6. The maximum atomic E-state index is 12.4. The third-order valence-corrected chi connectivity index (χ3v) is 7.11. The largest absolute Gasteiger partial charge is 0.455 e. The van der Waals surface area contributed by atoms with Crippen molar-refractivity contribution in [2.24, 2.45) is 0 Å². The predicted molar refractivity (Wildman–Crippen MR) is 117 cm³/mol. The molecule has 0 fully saturated rings. The lowest BCUT2D eigenvalue weighted by atomic mass is 10.1. The third-order valence-electron chi connectivity index (χ3n) is 4.43. The number of nitrogens with zero attached hydrogens (tertiary/aromatic N) is 2. The predicted octanol–water partition coefficient (Wildman–Crippen LogP) is 3.50. The molecule has 0 bridgehead atoms. The second kappa shape index (κ2) is 9.80. The molecule has 0 spiro atoms. The van der Waals surface area contributed by atoms with Crippen molar-refractivity contribution in [1.82, 2.24) is 10.2 Å². The van der Waals surface area contributed by atoms with Crippen molar-refractivity contribution in [3.05, 3.63) is 69.7 Å². The van der Waals surface area contributed by atoms with E-state index in [1.54, 1.807) is 12.1 Å². The van der Waals surface area contributed by atoms with Gasteiger partial charge in [0.05, 0.1) is 16.2 Å². The first-order valence-corrected chi connectivity index (χ1v) is 12.0. The number of benzene rings is 2. The van der Waals surface area contributed by atoms with E-state index in [2.05, 4.69) is 15.5 Å². The van der Waals surface area contributed by atoms with Crippen LogP contribution >= 0.6 is 11.3 Å². The molecule has 0 aliphatic carbocycles. The maximum absolute atomic E-state index is 12.4. The Balaban J connectivity index is 1.64. The van der Waals surface area contributed by atoms with Gasteiger partial charge in [-0.25, -0.2) is 13.2 Å². The smallest absolute Gasteiger partial charge is 0.339 e. The summed E-state index contributed by atoms with van der Waals surface area (Å²) in [5.41, 5.74) is 1.76. The van der Waals surface area contributed by atoms with Crippen molar-refractivity contribution in [3.63, 3.8) is 0 Å². The fraction of sp³-hybridized carbons (Fsp3) is 0.238. The van der Waals surface area contributed by atoms with Gasteiger partial charge in [-0.15, -0.1) is 10.2 Å². The number of hydrogen-bond donors (Lipinski definition) is 1. The van der Waals surface area contributed by atoms with Crippen LogP contribution in [-0.2, 0) is 27.6 Å². The fourth-order valence-electron chi connectivity index (χ4n) is 2.68. The van der Waals surface area contributed by atoms with Crippen molar-refractivity contribution >= 4 is 38.7 Å². The minimum atomic E-state index is -3.58.